The SMILES string of the molecule is CC(C)C[C@H](CN)CC(=O)NCc1ccc(F)c(F)c1. The van der Waals surface area contributed by atoms with Crippen molar-refractivity contribution >= 4 is 5.91 Å². The molecule has 0 spiro atoms. The quantitative estimate of drug-likeness (QED) is 0.808. The zero-order valence-electron chi connectivity index (χ0n) is 12.0. The molecule has 0 aliphatic rings. The van der Waals surface area contributed by atoms with Gasteiger partial charge in [-0.2, -0.15) is 0 Å². The second kappa shape index (κ2) is 7.94. The van der Waals surface area contributed by atoms with E-state index < -0.39 is 11.6 Å². The molecule has 5 heteroatoms. The summed E-state index contributed by atoms with van der Waals surface area (Å²) in [5, 5.41) is 2.70. The summed E-state index contributed by atoms with van der Waals surface area (Å²) in [6.07, 6.45) is 1.26. The zero-order valence-corrected chi connectivity index (χ0v) is 12.0. The van der Waals surface area contributed by atoms with Gasteiger partial charge in [-0.25, -0.2) is 8.78 Å². The van der Waals surface area contributed by atoms with Crippen molar-refractivity contribution in [1.82, 2.24) is 5.32 Å². The molecule has 0 radical (unpaired) electrons. The Balaban J connectivity index is 2.44. The molecule has 3 nitrogen and oxygen atoms in total. The van der Waals surface area contributed by atoms with Gasteiger partial charge in [-0.05, 0) is 42.5 Å². The number of hydrogen-bond donors (Lipinski definition) is 2. The molecule has 112 valence electrons. The largest absolute Gasteiger partial charge is 0.352 e. The molecule has 3 N–H and O–H groups in total. The van der Waals surface area contributed by atoms with E-state index in [1.54, 1.807) is 0 Å². The van der Waals surface area contributed by atoms with Crippen molar-refractivity contribution in [3.05, 3.63) is 35.4 Å². The van der Waals surface area contributed by atoms with Crippen molar-refractivity contribution in [2.45, 2.75) is 33.2 Å². The molecule has 1 aromatic rings. The highest BCUT2D eigenvalue weighted by Crippen LogP contribution is 2.14. The molecule has 0 heterocycles. The van der Waals surface area contributed by atoms with Crippen LogP contribution >= 0.6 is 0 Å². The van der Waals surface area contributed by atoms with Crippen molar-refractivity contribution in [3.63, 3.8) is 0 Å². The van der Waals surface area contributed by atoms with Crippen LogP contribution in [0.3, 0.4) is 0 Å². The number of halogens is 2. The average Bonchev–Trinajstić information content (AvgIpc) is 2.39. The first-order valence-corrected chi connectivity index (χ1v) is 6.83. The van der Waals surface area contributed by atoms with E-state index in [4.69, 9.17) is 5.73 Å². The predicted octanol–water partition coefficient (Wildman–Crippen LogP) is 2.59. The number of carbonyl (C=O) groups excluding carboxylic acids is 1. The van der Waals surface area contributed by atoms with Crippen LogP contribution in [0.15, 0.2) is 18.2 Å². The Kier molecular flexibility index (Phi) is 6.58. The zero-order chi connectivity index (χ0) is 15.1. The van der Waals surface area contributed by atoms with Crippen molar-refractivity contribution in [2.24, 2.45) is 17.6 Å². The molecule has 0 saturated carbocycles. The highest BCUT2D eigenvalue weighted by molar-refractivity contribution is 5.76. The lowest BCUT2D eigenvalue weighted by molar-refractivity contribution is -0.122. The Morgan fingerprint density at radius 3 is 2.55 bits per heavy atom. The second-order valence-corrected chi connectivity index (χ2v) is 5.46. The maximum atomic E-state index is 13.0. The molecule has 20 heavy (non-hydrogen) atoms. The fraction of sp³-hybridized carbons (Fsp3) is 0.533. The van der Waals surface area contributed by atoms with Crippen LogP contribution in [0.1, 0.15) is 32.3 Å². The summed E-state index contributed by atoms with van der Waals surface area (Å²) in [5.41, 5.74) is 6.17. The molecule has 0 fully saturated rings. The van der Waals surface area contributed by atoms with Gasteiger partial charge in [0.05, 0.1) is 0 Å². The number of rotatable bonds is 7. The first-order chi connectivity index (χ1) is 9.42. The van der Waals surface area contributed by atoms with Gasteiger partial charge < -0.3 is 11.1 Å². The molecular weight excluding hydrogens is 262 g/mol. The minimum atomic E-state index is -0.906. The van der Waals surface area contributed by atoms with Crippen LogP contribution < -0.4 is 11.1 Å². The number of nitrogens with two attached hydrogens (primary N) is 1. The third-order valence-corrected chi connectivity index (χ3v) is 3.09. The van der Waals surface area contributed by atoms with E-state index in [0.29, 0.717) is 24.4 Å². The Labute approximate surface area is 118 Å². The van der Waals surface area contributed by atoms with E-state index >= 15 is 0 Å². The lowest BCUT2D eigenvalue weighted by atomic mass is 9.94. The highest BCUT2D eigenvalue weighted by atomic mass is 19.2. The lowest BCUT2D eigenvalue weighted by Crippen LogP contribution is -2.28. The first kappa shape index (κ1) is 16.6. The van der Waals surface area contributed by atoms with E-state index in [0.717, 1.165) is 18.6 Å². The van der Waals surface area contributed by atoms with Crippen LogP contribution in [-0.2, 0) is 11.3 Å². The minimum Gasteiger partial charge on any atom is -0.352 e. The van der Waals surface area contributed by atoms with Crippen molar-refractivity contribution in [1.29, 1.82) is 0 Å². The van der Waals surface area contributed by atoms with Crippen molar-refractivity contribution in [2.75, 3.05) is 6.54 Å². The van der Waals surface area contributed by atoms with Gasteiger partial charge in [0.1, 0.15) is 0 Å². The van der Waals surface area contributed by atoms with E-state index in [9.17, 15) is 13.6 Å². The molecule has 0 aliphatic heterocycles. The molecule has 0 aromatic heterocycles. The van der Waals surface area contributed by atoms with Gasteiger partial charge in [0, 0.05) is 13.0 Å². The maximum absolute atomic E-state index is 13.0. The number of carbonyl (C=O) groups is 1. The number of nitrogens with one attached hydrogen (secondary N) is 1. The third-order valence-electron chi connectivity index (χ3n) is 3.09. The summed E-state index contributed by atoms with van der Waals surface area (Å²) < 4.78 is 25.8. The van der Waals surface area contributed by atoms with E-state index in [-0.39, 0.29) is 18.4 Å². The van der Waals surface area contributed by atoms with Gasteiger partial charge in [0.2, 0.25) is 5.91 Å². The summed E-state index contributed by atoms with van der Waals surface area (Å²) in [6.45, 7) is 4.83. The molecule has 1 rings (SSSR count). The van der Waals surface area contributed by atoms with Crippen LogP contribution in [0, 0.1) is 23.5 Å². The van der Waals surface area contributed by atoms with Gasteiger partial charge in [-0.15, -0.1) is 0 Å². The van der Waals surface area contributed by atoms with Gasteiger partial charge in [-0.3, -0.25) is 4.79 Å². The fourth-order valence-electron chi connectivity index (χ4n) is 2.11. The van der Waals surface area contributed by atoms with Crippen LogP contribution in [0.25, 0.3) is 0 Å². The Morgan fingerprint density at radius 2 is 2.00 bits per heavy atom. The first-order valence-electron chi connectivity index (χ1n) is 6.83. The molecular formula is C15H22F2N2O. The summed E-state index contributed by atoms with van der Waals surface area (Å²) in [7, 11) is 0. The molecule has 0 saturated heterocycles. The number of amides is 1. The fourth-order valence-corrected chi connectivity index (χ4v) is 2.11. The second-order valence-electron chi connectivity index (χ2n) is 5.46. The number of benzene rings is 1. The summed E-state index contributed by atoms with van der Waals surface area (Å²) in [6, 6.07) is 3.59. The van der Waals surface area contributed by atoms with Crippen LogP contribution in [-0.4, -0.2) is 12.5 Å². The molecule has 0 unspecified atom stereocenters. The maximum Gasteiger partial charge on any atom is 0.220 e. The van der Waals surface area contributed by atoms with E-state index in [2.05, 4.69) is 19.2 Å². The van der Waals surface area contributed by atoms with Gasteiger partial charge in [0.25, 0.3) is 0 Å². The topological polar surface area (TPSA) is 55.1 Å². The van der Waals surface area contributed by atoms with E-state index in [1.165, 1.54) is 6.07 Å². The normalized spacial score (nSPS) is 12.5. The molecule has 1 aromatic carbocycles. The Hall–Kier alpha value is -1.49. The van der Waals surface area contributed by atoms with Gasteiger partial charge in [0.15, 0.2) is 11.6 Å². The summed E-state index contributed by atoms with van der Waals surface area (Å²) >= 11 is 0. The number of hydrogen-bond acceptors (Lipinski definition) is 2. The summed E-state index contributed by atoms with van der Waals surface area (Å²) in [4.78, 5) is 11.8. The van der Waals surface area contributed by atoms with Crippen molar-refractivity contribution < 1.29 is 13.6 Å². The Morgan fingerprint density at radius 1 is 1.30 bits per heavy atom. The standard InChI is InChI=1S/C15H22F2N2O/c1-10(2)5-12(8-18)7-15(20)19-9-11-3-4-13(16)14(17)6-11/h3-4,6,10,12H,5,7-9,18H2,1-2H3,(H,19,20)/t12-/m0/s1. The summed E-state index contributed by atoms with van der Waals surface area (Å²) in [5.74, 6) is -1.27. The molecule has 1 amide bonds. The monoisotopic (exact) mass is 284 g/mol. The van der Waals surface area contributed by atoms with Gasteiger partial charge in [-0.1, -0.05) is 19.9 Å². The minimum absolute atomic E-state index is 0.120. The van der Waals surface area contributed by atoms with Crippen LogP contribution in [0.5, 0.6) is 0 Å². The molecule has 0 bridgehead atoms. The Bertz CT molecular complexity index is 449. The van der Waals surface area contributed by atoms with Gasteiger partial charge >= 0.3 is 0 Å². The van der Waals surface area contributed by atoms with Crippen molar-refractivity contribution in [3.8, 4) is 0 Å². The third kappa shape index (κ3) is 5.65. The highest BCUT2D eigenvalue weighted by Gasteiger charge is 2.14. The van der Waals surface area contributed by atoms with E-state index in [1.807, 2.05) is 0 Å². The molecule has 1 atom stereocenters. The van der Waals surface area contributed by atoms with Crippen LogP contribution in [0.4, 0.5) is 8.78 Å². The lowest BCUT2D eigenvalue weighted by Gasteiger charge is -2.16. The average molecular weight is 284 g/mol. The smallest absolute Gasteiger partial charge is 0.220 e. The van der Waals surface area contributed by atoms with Crippen LogP contribution in [0.2, 0.25) is 0 Å². The molecule has 0 aliphatic carbocycles. The predicted molar refractivity (Wildman–Crippen MR) is 74.8 cm³/mol.